The Labute approximate surface area is 118 Å². The summed E-state index contributed by atoms with van der Waals surface area (Å²) in [6, 6.07) is 2.79. The van der Waals surface area contributed by atoms with Crippen molar-refractivity contribution in [3.63, 3.8) is 0 Å². The zero-order chi connectivity index (χ0) is 14.9. The van der Waals surface area contributed by atoms with Crippen LogP contribution in [0.4, 0.5) is 4.39 Å². The van der Waals surface area contributed by atoms with Crippen LogP contribution in [0.25, 0.3) is 0 Å². The fourth-order valence-corrected chi connectivity index (χ4v) is 3.45. The van der Waals surface area contributed by atoms with E-state index in [0.717, 1.165) is 12.8 Å². The Morgan fingerprint density at radius 2 is 1.80 bits per heavy atom. The third-order valence-electron chi connectivity index (χ3n) is 4.40. The molecule has 3 nitrogen and oxygen atoms in total. The molecule has 0 bridgehead atoms. The van der Waals surface area contributed by atoms with E-state index in [4.69, 9.17) is 0 Å². The Hall–Kier alpha value is -1.42. The SMILES string of the molecule is Cc1cc(F)cc(C)c1C(O)C1CCCCC1C(=O)O. The van der Waals surface area contributed by atoms with Crippen molar-refractivity contribution in [3.8, 4) is 0 Å². The van der Waals surface area contributed by atoms with E-state index in [1.807, 2.05) is 0 Å². The fraction of sp³-hybridized carbons (Fsp3) is 0.562. The van der Waals surface area contributed by atoms with Gasteiger partial charge in [-0.3, -0.25) is 4.79 Å². The zero-order valence-electron chi connectivity index (χ0n) is 11.9. The lowest BCUT2D eigenvalue weighted by molar-refractivity contribution is -0.147. The first-order chi connectivity index (χ1) is 9.41. The summed E-state index contributed by atoms with van der Waals surface area (Å²) in [6.45, 7) is 3.51. The van der Waals surface area contributed by atoms with Crippen molar-refractivity contribution >= 4 is 5.97 Å². The molecule has 1 fully saturated rings. The molecule has 0 amide bonds. The number of rotatable bonds is 3. The molecule has 2 rings (SSSR count). The highest BCUT2D eigenvalue weighted by atomic mass is 19.1. The highest BCUT2D eigenvalue weighted by Gasteiger charge is 2.37. The lowest BCUT2D eigenvalue weighted by Crippen LogP contribution is -2.32. The molecular formula is C16H21FO3. The molecule has 3 unspecified atom stereocenters. The second kappa shape index (κ2) is 5.92. The van der Waals surface area contributed by atoms with Crippen molar-refractivity contribution in [2.45, 2.75) is 45.6 Å². The average molecular weight is 280 g/mol. The van der Waals surface area contributed by atoms with Crippen molar-refractivity contribution in [1.29, 1.82) is 0 Å². The van der Waals surface area contributed by atoms with Crippen LogP contribution < -0.4 is 0 Å². The number of aliphatic hydroxyl groups is 1. The van der Waals surface area contributed by atoms with E-state index >= 15 is 0 Å². The van der Waals surface area contributed by atoms with E-state index in [1.54, 1.807) is 13.8 Å². The number of hydrogen-bond acceptors (Lipinski definition) is 2. The first kappa shape index (κ1) is 15.0. The summed E-state index contributed by atoms with van der Waals surface area (Å²) < 4.78 is 13.3. The van der Waals surface area contributed by atoms with Crippen molar-refractivity contribution in [3.05, 3.63) is 34.6 Å². The van der Waals surface area contributed by atoms with Gasteiger partial charge in [0.05, 0.1) is 12.0 Å². The summed E-state index contributed by atoms with van der Waals surface area (Å²) in [5, 5.41) is 19.9. The van der Waals surface area contributed by atoms with Gasteiger partial charge in [0, 0.05) is 5.92 Å². The van der Waals surface area contributed by atoms with Gasteiger partial charge < -0.3 is 10.2 Å². The predicted octanol–water partition coefficient (Wildman–Crippen LogP) is 3.37. The molecule has 0 spiro atoms. The molecule has 2 N–H and O–H groups in total. The number of benzene rings is 1. The third-order valence-corrected chi connectivity index (χ3v) is 4.40. The number of aliphatic hydroxyl groups excluding tert-OH is 1. The third kappa shape index (κ3) is 2.85. The molecule has 1 aromatic carbocycles. The molecule has 1 aromatic rings. The van der Waals surface area contributed by atoms with E-state index in [9.17, 15) is 19.4 Å². The largest absolute Gasteiger partial charge is 0.481 e. The molecule has 110 valence electrons. The highest BCUT2D eigenvalue weighted by Crippen LogP contribution is 2.40. The normalized spacial score (nSPS) is 24.4. The Bertz CT molecular complexity index is 489. The van der Waals surface area contributed by atoms with Crippen LogP contribution in [0.3, 0.4) is 0 Å². The molecule has 20 heavy (non-hydrogen) atoms. The molecule has 0 aliphatic heterocycles. The van der Waals surface area contributed by atoms with Crippen LogP contribution in [0.5, 0.6) is 0 Å². The summed E-state index contributed by atoms with van der Waals surface area (Å²) in [5.74, 6) is -1.97. The van der Waals surface area contributed by atoms with Gasteiger partial charge >= 0.3 is 5.97 Å². The lowest BCUT2D eigenvalue weighted by Gasteiger charge is -2.33. The maximum absolute atomic E-state index is 13.3. The summed E-state index contributed by atoms with van der Waals surface area (Å²) in [7, 11) is 0. The Morgan fingerprint density at radius 1 is 1.25 bits per heavy atom. The van der Waals surface area contributed by atoms with Gasteiger partial charge in [0.15, 0.2) is 0 Å². The van der Waals surface area contributed by atoms with Gasteiger partial charge in [-0.15, -0.1) is 0 Å². The number of aryl methyl sites for hydroxylation is 2. The van der Waals surface area contributed by atoms with Gasteiger partial charge in [-0.1, -0.05) is 12.8 Å². The van der Waals surface area contributed by atoms with Gasteiger partial charge in [-0.05, 0) is 55.5 Å². The first-order valence-corrected chi connectivity index (χ1v) is 7.09. The predicted molar refractivity (Wildman–Crippen MR) is 73.9 cm³/mol. The van der Waals surface area contributed by atoms with Crippen molar-refractivity contribution in [1.82, 2.24) is 0 Å². The fourth-order valence-electron chi connectivity index (χ4n) is 3.45. The second-order valence-electron chi connectivity index (χ2n) is 5.79. The van der Waals surface area contributed by atoms with Crippen LogP contribution >= 0.6 is 0 Å². The quantitative estimate of drug-likeness (QED) is 0.892. The summed E-state index contributed by atoms with van der Waals surface area (Å²) in [6.07, 6.45) is 2.30. The van der Waals surface area contributed by atoms with Gasteiger partial charge in [-0.2, -0.15) is 0 Å². The average Bonchev–Trinajstić information content (AvgIpc) is 2.37. The number of carbonyl (C=O) groups is 1. The minimum atomic E-state index is -0.842. The van der Waals surface area contributed by atoms with E-state index < -0.39 is 18.0 Å². The Balaban J connectivity index is 2.34. The van der Waals surface area contributed by atoms with Crippen LogP contribution in [-0.2, 0) is 4.79 Å². The van der Waals surface area contributed by atoms with Crippen LogP contribution in [0.15, 0.2) is 12.1 Å². The first-order valence-electron chi connectivity index (χ1n) is 7.09. The summed E-state index contributed by atoms with van der Waals surface area (Å²) in [5.41, 5.74) is 2.05. The molecule has 0 aromatic heterocycles. The molecule has 0 radical (unpaired) electrons. The zero-order valence-corrected chi connectivity index (χ0v) is 11.9. The summed E-state index contributed by atoms with van der Waals surface area (Å²) >= 11 is 0. The van der Waals surface area contributed by atoms with Gasteiger partial charge in [0.1, 0.15) is 5.82 Å². The van der Waals surface area contributed by atoms with Gasteiger partial charge in [-0.25, -0.2) is 4.39 Å². The van der Waals surface area contributed by atoms with Gasteiger partial charge in [0.25, 0.3) is 0 Å². The summed E-state index contributed by atoms with van der Waals surface area (Å²) in [4.78, 5) is 11.4. The molecule has 4 heteroatoms. The van der Waals surface area contributed by atoms with E-state index in [1.165, 1.54) is 12.1 Å². The standard InChI is InChI=1S/C16H21FO3/c1-9-7-11(17)8-10(2)14(9)15(18)12-5-3-4-6-13(12)16(19)20/h7-8,12-13,15,18H,3-6H2,1-2H3,(H,19,20). The van der Waals surface area contributed by atoms with Crippen LogP contribution in [0.2, 0.25) is 0 Å². The van der Waals surface area contributed by atoms with Crippen molar-refractivity contribution < 1.29 is 19.4 Å². The van der Waals surface area contributed by atoms with Crippen molar-refractivity contribution in [2.75, 3.05) is 0 Å². The molecule has 1 aliphatic rings. The molecule has 0 saturated heterocycles. The second-order valence-corrected chi connectivity index (χ2v) is 5.79. The molecule has 1 aliphatic carbocycles. The maximum atomic E-state index is 13.3. The van der Waals surface area contributed by atoms with Crippen LogP contribution in [-0.4, -0.2) is 16.2 Å². The van der Waals surface area contributed by atoms with E-state index in [-0.39, 0.29) is 11.7 Å². The number of halogens is 1. The number of carboxylic acid groups (broad SMARTS) is 1. The minimum absolute atomic E-state index is 0.288. The molecule has 1 saturated carbocycles. The number of hydrogen-bond donors (Lipinski definition) is 2. The molecular weight excluding hydrogens is 259 g/mol. The minimum Gasteiger partial charge on any atom is -0.481 e. The number of carboxylic acids is 1. The van der Waals surface area contributed by atoms with E-state index in [2.05, 4.69) is 0 Å². The van der Waals surface area contributed by atoms with Crippen LogP contribution in [0.1, 0.15) is 48.5 Å². The van der Waals surface area contributed by atoms with Crippen molar-refractivity contribution in [2.24, 2.45) is 11.8 Å². The lowest BCUT2D eigenvalue weighted by atomic mass is 9.73. The molecule has 0 heterocycles. The van der Waals surface area contributed by atoms with E-state index in [0.29, 0.717) is 29.5 Å². The maximum Gasteiger partial charge on any atom is 0.306 e. The topological polar surface area (TPSA) is 57.5 Å². The Morgan fingerprint density at radius 3 is 2.35 bits per heavy atom. The van der Waals surface area contributed by atoms with Gasteiger partial charge in [0.2, 0.25) is 0 Å². The Kier molecular flexibility index (Phi) is 4.43. The van der Waals surface area contributed by atoms with Crippen LogP contribution in [0, 0.1) is 31.5 Å². The monoisotopic (exact) mass is 280 g/mol. The number of aliphatic carboxylic acids is 1. The molecule has 3 atom stereocenters. The smallest absolute Gasteiger partial charge is 0.306 e. The highest BCUT2D eigenvalue weighted by molar-refractivity contribution is 5.70.